The number of halogens is 1. The molecule has 1 aliphatic heterocycles. The number of benzene rings is 1. The third-order valence-corrected chi connectivity index (χ3v) is 6.78. The maximum atomic E-state index is 15.5. The summed E-state index contributed by atoms with van der Waals surface area (Å²) in [5, 5.41) is 0.728. The van der Waals surface area contributed by atoms with Crippen LogP contribution in [0.2, 0.25) is 0 Å². The first-order valence-corrected chi connectivity index (χ1v) is 11.2. The summed E-state index contributed by atoms with van der Waals surface area (Å²) in [4.78, 5) is 15.4. The van der Waals surface area contributed by atoms with E-state index in [-0.39, 0.29) is 40.1 Å². The lowest BCUT2D eigenvalue weighted by Crippen LogP contribution is -2.30. The lowest BCUT2D eigenvalue weighted by Gasteiger charge is -2.26. The van der Waals surface area contributed by atoms with Gasteiger partial charge in [-0.25, -0.2) is 4.39 Å². The molecule has 6 nitrogen and oxygen atoms in total. The second kappa shape index (κ2) is 8.39. The van der Waals surface area contributed by atoms with Gasteiger partial charge in [-0.3, -0.25) is 4.79 Å². The molecule has 0 unspecified atom stereocenters. The minimum atomic E-state index is -0.478. The van der Waals surface area contributed by atoms with Crippen LogP contribution >= 0.6 is 12.6 Å². The molecule has 2 fully saturated rings. The molecule has 0 spiro atoms. The van der Waals surface area contributed by atoms with E-state index in [1.807, 2.05) is 23.3 Å². The molecule has 1 aromatic carbocycles. The summed E-state index contributed by atoms with van der Waals surface area (Å²) in [7, 11) is 1.52. The second-order valence-corrected chi connectivity index (χ2v) is 8.90. The van der Waals surface area contributed by atoms with Crippen molar-refractivity contribution in [1.82, 2.24) is 4.57 Å². The number of fused-ring (bicyclic) bond motifs is 1. The van der Waals surface area contributed by atoms with Crippen molar-refractivity contribution in [1.29, 1.82) is 0 Å². The molecule has 0 amide bonds. The van der Waals surface area contributed by atoms with E-state index in [9.17, 15) is 4.79 Å². The van der Waals surface area contributed by atoms with E-state index >= 15 is 4.39 Å². The number of hydrogen-bond acceptors (Lipinski definition) is 6. The topological polar surface area (TPSA) is 69.7 Å². The predicted octanol–water partition coefficient (Wildman–Crippen LogP) is 3.95. The van der Waals surface area contributed by atoms with Crippen molar-refractivity contribution in [3.8, 4) is 5.75 Å². The van der Waals surface area contributed by atoms with Crippen LogP contribution in [0.3, 0.4) is 0 Å². The Bertz CT molecular complexity index is 1090. The third kappa shape index (κ3) is 3.69. The first-order valence-electron chi connectivity index (χ1n) is 10.8. The summed E-state index contributed by atoms with van der Waals surface area (Å²) < 4.78 is 28.8. The molecule has 1 aromatic heterocycles. The summed E-state index contributed by atoms with van der Waals surface area (Å²) >= 11 is 4.71. The molecular formula is C23H30FN3O3S. The Hall–Kier alpha value is -2.19. The molecule has 2 aromatic rings. The van der Waals surface area contributed by atoms with Crippen LogP contribution in [0.4, 0.5) is 10.1 Å². The molecule has 0 radical (unpaired) electrons. The molecule has 2 aliphatic rings. The Balaban J connectivity index is 1.99. The molecule has 4 rings (SSSR count). The zero-order chi connectivity index (χ0) is 22.4. The van der Waals surface area contributed by atoms with E-state index in [4.69, 9.17) is 27.8 Å². The first kappa shape index (κ1) is 22.0. The van der Waals surface area contributed by atoms with Gasteiger partial charge < -0.3 is 24.7 Å². The van der Waals surface area contributed by atoms with Gasteiger partial charge in [0.2, 0.25) is 5.43 Å². The van der Waals surface area contributed by atoms with E-state index in [1.165, 1.54) is 13.2 Å². The molecule has 0 bridgehead atoms. The average Bonchev–Trinajstić information content (AvgIpc) is 3.43. The number of hydrogen-bond donors (Lipinski definition) is 2. The number of nitrogens with two attached hydrogens (primary N) is 1. The second-order valence-electron chi connectivity index (χ2n) is 8.48. The van der Waals surface area contributed by atoms with E-state index in [1.54, 1.807) is 0 Å². The Morgan fingerprint density at radius 1 is 1.42 bits per heavy atom. The van der Waals surface area contributed by atoms with Crippen molar-refractivity contribution in [3.63, 3.8) is 0 Å². The SMILES string of the molecule is C=C(OCC)c1c(S)n(C2CC2)c2c(OC)c(N3CC[C@@H]([C@H](C)N)C3)c(F)cc2c1=O. The van der Waals surface area contributed by atoms with Gasteiger partial charge in [0.25, 0.3) is 0 Å². The highest BCUT2D eigenvalue weighted by molar-refractivity contribution is 7.80. The molecule has 8 heteroatoms. The lowest BCUT2D eigenvalue weighted by molar-refractivity contribution is 0.297. The molecule has 1 saturated carbocycles. The monoisotopic (exact) mass is 447 g/mol. The zero-order valence-electron chi connectivity index (χ0n) is 18.3. The summed E-state index contributed by atoms with van der Waals surface area (Å²) in [5.41, 5.74) is 6.98. The molecule has 168 valence electrons. The van der Waals surface area contributed by atoms with Gasteiger partial charge in [-0.2, -0.15) is 0 Å². The number of pyridine rings is 1. The minimum absolute atomic E-state index is 0.0281. The van der Waals surface area contributed by atoms with Crippen molar-refractivity contribution in [2.75, 3.05) is 31.7 Å². The first-order chi connectivity index (χ1) is 14.8. The van der Waals surface area contributed by atoms with Gasteiger partial charge in [0.05, 0.1) is 35.2 Å². The molecule has 1 aliphatic carbocycles. The number of thiol groups is 1. The van der Waals surface area contributed by atoms with Crippen LogP contribution in [0, 0.1) is 11.7 Å². The standard InChI is InChI=1S/C23H30FN3O3S/c1-5-30-13(3)18-21(28)16-10-17(24)20(26-9-8-14(11-26)12(2)25)22(29-4)19(16)27(23(18)31)15-6-7-15/h10,12,14-15,31H,3,5-9,11,25H2,1-2,4H3/t12-,14+/m0/s1. The van der Waals surface area contributed by atoms with E-state index in [0.29, 0.717) is 41.7 Å². The van der Waals surface area contributed by atoms with E-state index in [2.05, 4.69) is 6.58 Å². The highest BCUT2D eigenvalue weighted by atomic mass is 32.1. The molecule has 31 heavy (non-hydrogen) atoms. The summed E-state index contributed by atoms with van der Waals surface area (Å²) in [5.74, 6) is 0.418. The fourth-order valence-electron chi connectivity index (χ4n) is 4.57. The van der Waals surface area contributed by atoms with Crippen LogP contribution in [0.5, 0.6) is 5.75 Å². The Kier molecular flexibility index (Phi) is 5.96. The van der Waals surface area contributed by atoms with Crippen LogP contribution in [-0.4, -0.2) is 37.4 Å². The highest BCUT2D eigenvalue weighted by Gasteiger charge is 2.35. The average molecular weight is 448 g/mol. The zero-order valence-corrected chi connectivity index (χ0v) is 19.2. The normalized spacial score (nSPS) is 19.7. The fraction of sp³-hybridized carbons (Fsp3) is 0.522. The number of ether oxygens (including phenoxy) is 2. The van der Waals surface area contributed by atoms with Crippen LogP contribution < -0.4 is 20.8 Å². The van der Waals surface area contributed by atoms with Gasteiger partial charge >= 0.3 is 0 Å². The molecule has 1 saturated heterocycles. The largest absolute Gasteiger partial charge is 0.494 e. The van der Waals surface area contributed by atoms with E-state index < -0.39 is 5.82 Å². The van der Waals surface area contributed by atoms with Crippen molar-refractivity contribution in [2.24, 2.45) is 11.7 Å². The Morgan fingerprint density at radius 2 is 2.13 bits per heavy atom. The number of nitrogens with zero attached hydrogens (tertiary/aromatic N) is 2. The summed E-state index contributed by atoms with van der Waals surface area (Å²) in [6.07, 6.45) is 2.80. The summed E-state index contributed by atoms with van der Waals surface area (Å²) in [6.45, 7) is 9.42. The molecule has 2 N–H and O–H groups in total. The van der Waals surface area contributed by atoms with Crippen molar-refractivity contribution < 1.29 is 13.9 Å². The Morgan fingerprint density at radius 3 is 2.68 bits per heavy atom. The third-order valence-electron chi connectivity index (χ3n) is 6.34. The predicted molar refractivity (Wildman–Crippen MR) is 125 cm³/mol. The van der Waals surface area contributed by atoms with Gasteiger partial charge in [-0.1, -0.05) is 6.58 Å². The van der Waals surface area contributed by atoms with Crippen molar-refractivity contribution in [3.05, 3.63) is 34.2 Å². The number of aromatic nitrogens is 1. The Labute approximate surface area is 187 Å². The highest BCUT2D eigenvalue weighted by Crippen LogP contribution is 2.46. The number of methoxy groups -OCH3 is 1. The minimum Gasteiger partial charge on any atom is -0.494 e. The van der Waals surface area contributed by atoms with Gasteiger partial charge in [0.1, 0.15) is 11.4 Å². The molecule has 2 heterocycles. The van der Waals surface area contributed by atoms with Gasteiger partial charge in [-0.05, 0) is 45.1 Å². The van der Waals surface area contributed by atoms with Gasteiger partial charge in [-0.15, -0.1) is 12.6 Å². The smallest absolute Gasteiger partial charge is 0.201 e. The van der Waals surface area contributed by atoms with Gasteiger partial charge in [0.15, 0.2) is 11.6 Å². The molecule has 2 atom stereocenters. The summed E-state index contributed by atoms with van der Waals surface area (Å²) in [6, 6.07) is 1.52. The van der Waals surface area contributed by atoms with Gasteiger partial charge in [0, 0.05) is 25.2 Å². The van der Waals surface area contributed by atoms with Crippen LogP contribution in [0.15, 0.2) is 22.5 Å². The van der Waals surface area contributed by atoms with Crippen LogP contribution in [0.25, 0.3) is 16.7 Å². The van der Waals surface area contributed by atoms with E-state index in [0.717, 1.165) is 19.3 Å². The lowest BCUT2D eigenvalue weighted by atomic mass is 10.0. The van der Waals surface area contributed by atoms with Crippen molar-refractivity contribution >= 4 is 35.0 Å². The molecular weight excluding hydrogens is 417 g/mol. The maximum absolute atomic E-state index is 15.5. The van der Waals surface area contributed by atoms with Crippen molar-refractivity contribution in [2.45, 2.75) is 50.2 Å². The number of rotatable bonds is 7. The van der Waals surface area contributed by atoms with Crippen LogP contribution in [-0.2, 0) is 4.74 Å². The maximum Gasteiger partial charge on any atom is 0.201 e. The number of anilines is 1. The fourth-order valence-corrected chi connectivity index (χ4v) is 5.06. The van der Waals surface area contributed by atoms with Crippen LogP contribution in [0.1, 0.15) is 44.7 Å². The quantitative estimate of drug-likeness (QED) is 0.497.